The number of nitrogens with one attached hydrogen (secondary N) is 1. The SMILES string of the molecule is CCc1cc(-c2ncco2)ccc1-c1ccccc1S(=O)(=O)Nc1noc(C)c1C. The molecule has 0 unspecified atom stereocenters. The molecule has 0 aliphatic heterocycles. The van der Waals surface area contributed by atoms with Crippen molar-refractivity contribution in [3.05, 3.63) is 71.8 Å². The zero-order valence-electron chi connectivity index (χ0n) is 16.8. The standard InChI is InChI=1S/C22H21N3O4S/c1-4-16-13-17(22-23-11-12-28-22)9-10-18(16)19-7-5-6-8-20(19)30(26,27)25-21-14(2)15(3)29-24-21/h5-13H,4H2,1-3H3,(H,24,25). The van der Waals surface area contributed by atoms with Crippen LogP contribution in [0.1, 0.15) is 23.8 Å². The highest BCUT2D eigenvalue weighted by Gasteiger charge is 2.23. The van der Waals surface area contributed by atoms with Gasteiger partial charge in [0.2, 0.25) is 5.89 Å². The van der Waals surface area contributed by atoms with Crippen LogP contribution in [0.2, 0.25) is 0 Å². The number of anilines is 1. The molecule has 0 bridgehead atoms. The van der Waals surface area contributed by atoms with Crippen LogP contribution < -0.4 is 4.72 Å². The molecular weight excluding hydrogens is 402 g/mol. The molecule has 2 aromatic carbocycles. The van der Waals surface area contributed by atoms with Gasteiger partial charge in [0.25, 0.3) is 10.0 Å². The number of hydrogen-bond donors (Lipinski definition) is 1. The third-order valence-electron chi connectivity index (χ3n) is 5.02. The Hall–Kier alpha value is -3.39. The van der Waals surface area contributed by atoms with Gasteiger partial charge in [0.1, 0.15) is 12.0 Å². The molecule has 0 radical (unpaired) electrons. The van der Waals surface area contributed by atoms with Crippen molar-refractivity contribution < 1.29 is 17.4 Å². The van der Waals surface area contributed by atoms with Gasteiger partial charge in [0, 0.05) is 16.7 Å². The van der Waals surface area contributed by atoms with Crippen molar-refractivity contribution in [2.75, 3.05) is 4.72 Å². The van der Waals surface area contributed by atoms with Crippen LogP contribution in [0.25, 0.3) is 22.6 Å². The summed E-state index contributed by atoms with van der Waals surface area (Å²) in [6.07, 6.45) is 3.83. The van der Waals surface area contributed by atoms with Crippen molar-refractivity contribution in [3.63, 3.8) is 0 Å². The molecule has 30 heavy (non-hydrogen) atoms. The largest absolute Gasteiger partial charge is 0.445 e. The second kappa shape index (κ2) is 7.79. The molecule has 0 saturated carbocycles. The Morgan fingerprint density at radius 1 is 1.07 bits per heavy atom. The Balaban J connectivity index is 1.79. The third kappa shape index (κ3) is 3.61. The van der Waals surface area contributed by atoms with Crippen molar-refractivity contribution in [1.82, 2.24) is 10.1 Å². The summed E-state index contributed by atoms with van der Waals surface area (Å²) < 4.78 is 39.4. The zero-order valence-corrected chi connectivity index (χ0v) is 17.7. The molecule has 0 amide bonds. The fraction of sp³-hybridized carbons (Fsp3) is 0.182. The van der Waals surface area contributed by atoms with Crippen LogP contribution in [0.3, 0.4) is 0 Å². The first kappa shape index (κ1) is 19.9. The molecular formula is C22H21N3O4S. The van der Waals surface area contributed by atoms with E-state index in [0.29, 0.717) is 29.2 Å². The number of oxazole rings is 1. The fourth-order valence-corrected chi connectivity index (χ4v) is 4.55. The number of aryl methyl sites for hydroxylation is 2. The smallest absolute Gasteiger partial charge is 0.263 e. The predicted octanol–water partition coefficient (Wildman–Crippen LogP) is 4.98. The molecule has 154 valence electrons. The van der Waals surface area contributed by atoms with E-state index in [4.69, 9.17) is 8.94 Å². The van der Waals surface area contributed by atoms with Crippen LogP contribution >= 0.6 is 0 Å². The summed E-state index contributed by atoms with van der Waals surface area (Å²) in [4.78, 5) is 4.36. The highest BCUT2D eigenvalue weighted by atomic mass is 32.2. The predicted molar refractivity (Wildman–Crippen MR) is 114 cm³/mol. The van der Waals surface area contributed by atoms with E-state index in [1.807, 2.05) is 31.2 Å². The van der Waals surface area contributed by atoms with Gasteiger partial charge < -0.3 is 8.94 Å². The maximum atomic E-state index is 13.2. The Labute approximate surface area is 174 Å². The third-order valence-corrected chi connectivity index (χ3v) is 6.42. The minimum absolute atomic E-state index is 0.170. The second-order valence-corrected chi connectivity index (χ2v) is 8.53. The summed E-state index contributed by atoms with van der Waals surface area (Å²) in [6.45, 7) is 5.51. The highest BCUT2D eigenvalue weighted by molar-refractivity contribution is 7.92. The van der Waals surface area contributed by atoms with Crippen LogP contribution in [-0.4, -0.2) is 18.6 Å². The quantitative estimate of drug-likeness (QED) is 0.470. The number of rotatable bonds is 6. The van der Waals surface area contributed by atoms with E-state index in [9.17, 15) is 8.42 Å². The number of aromatic nitrogens is 2. The van der Waals surface area contributed by atoms with E-state index >= 15 is 0 Å². The lowest BCUT2D eigenvalue weighted by Crippen LogP contribution is -2.15. The van der Waals surface area contributed by atoms with Gasteiger partial charge in [-0.1, -0.05) is 36.3 Å². The van der Waals surface area contributed by atoms with Crippen LogP contribution in [0.15, 0.2) is 68.8 Å². The minimum atomic E-state index is -3.88. The molecule has 0 fully saturated rings. The summed E-state index contributed by atoms with van der Waals surface area (Å²) in [5.41, 5.74) is 3.93. The lowest BCUT2D eigenvalue weighted by Gasteiger charge is -2.15. The summed E-state index contributed by atoms with van der Waals surface area (Å²) in [5, 5.41) is 3.82. The molecule has 4 rings (SSSR count). The van der Waals surface area contributed by atoms with Crippen LogP contribution in [-0.2, 0) is 16.4 Å². The van der Waals surface area contributed by atoms with Crippen molar-refractivity contribution in [1.29, 1.82) is 0 Å². The lowest BCUT2D eigenvalue weighted by atomic mass is 9.96. The topological polar surface area (TPSA) is 98.2 Å². The lowest BCUT2D eigenvalue weighted by molar-refractivity contribution is 0.399. The first-order valence-corrected chi connectivity index (χ1v) is 11.0. The molecule has 7 nitrogen and oxygen atoms in total. The maximum Gasteiger partial charge on any atom is 0.263 e. The van der Waals surface area contributed by atoms with E-state index in [1.54, 1.807) is 38.2 Å². The van der Waals surface area contributed by atoms with Gasteiger partial charge in [0.05, 0.1) is 11.1 Å². The summed E-state index contributed by atoms with van der Waals surface area (Å²) in [7, 11) is -3.88. The van der Waals surface area contributed by atoms with Gasteiger partial charge in [0.15, 0.2) is 5.82 Å². The van der Waals surface area contributed by atoms with Gasteiger partial charge in [-0.15, -0.1) is 0 Å². The highest BCUT2D eigenvalue weighted by Crippen LogP contribution is 2.34. The van der Waals surface area contributed by atoms with Crippen LogP contribution in [0.4, 0.5) is 5.82 Å². The molecule has 0 atom stereocenters. The van der Waals surface area contributed by atoms with Gasteiger partial charge >= 0.3 is 0 Å². The monoisotopic (exact) mass is 423 g/mol. The van der Waals surface area contributed by atoms with Crippen LogP contribution in [0, 0.1) is 13.8 Å². The average Bonchev–Trinajstić information content (AvgIpc) is 3.39. The first-order valence-electron chi connectivity index (χ1n) is 9.48. The number of benzene rings is 2. The van der Waals surface area contributed by atoms with Crippen molar-refractivity contribution in [3.8, 4) is 22.6 Å². The molecule has 4 aromatic rings. The van der Waals surface area contributed by atoms with E-state index in [-0.39, 0.29) is 10.7 Å². The molecule has 0 aliphatic rings. The Bertz CT molecular complexity index is 1290. The zero-order chi connectivity index (χ0) is 21.3. The molecule has 2 heterocycles. The molecule has 0 saturated heterocycles. The van der Waals surface area contributed by atoms with Gasteiger partial charge in [-0.3, -0.25) is 4.72 Å². The van der Waals surface area contributed by atoms with Crippen molar-refractivity contribution in [2.45, 2.75) is 32.1 Å². The summed E-state index contributed by atoms with van der Waals surface area (Å²) in [5.74, 6) is 1.28. The normalized spacial score (nSPS) is 11.6. The minimum Gasteiger partial charge on any atom is -0.445 e. The molecule has 0 spiro atoms. The van der Waals surface area contributed by atoms with Gasteiger partial charge in [-0.05, 0) is 49.6 Å². The Kier molecular flexibility index (Phi) is 5.17. The summed E-state index contributed by atoms with van der Waals surface area (Å²) >= 11 is 0. The maximum absolute atomic E-state index is 13.2. The number of hydrogen-bond acceptors (Lipinski definition) is 6. The van der Waals surface area contributed by atoms with E-state index in [0.717, 1.165) is 16.7 Å². The average molecular weight is 423 g/mol. The second-order valence-electron chi connectivity index (χ2n) is 6.88. The van der Waals surface area contributed by atoms with Gasteiger partial charge in [-0.25, -0.2) is 13.4 Å². The van der Waals surface area contributed by atoms with Gasteiger partial charge in [-0.2, -0.15) is 0 Å². The molecule has 1 N–H and O–H groups in total. The molecule has 0 aliphatic carbocycles. The number of sulfonamides is 1. The summed E-state index contributed by atoms with van der Waals surface area (Å²) in [6, 6.07) is 12.7. The van der Waals surface area contributed by atoms with Crippen molar-refractivity contribution in [2.24, 2.45) is 0 Å². The Morgan fingerprint density at radius 3 is 2.53 bits per heavy atom. The van der Waals surface area contributed by atoms with E-state index < -0.39 is 10.0 Å². The van der Waals surface area contributed by atoms with Crippen LogP contribution in [0.5, 0.6) is 0 Å². The Morgan fingerprint density at radius 2 is 1.87 bits per heavy atom. The fourth-order valence-electron chi connectivity index (χ4n) is 3.27. The first-order chi connectivity index (χ1) is 14.4. The molecule has 8 heteroatoms. The van der Waals surface area contributed by atoms with Crippen molar-refractivity contribution >= 4 is 15.8 Å². The number of nitrogens with zero attached hydrogens (tertiary/aromatic N) is 2. The molecule has 2 aromatic heterocycles. The van der Waals surface area contributed by atoms with E-state index in [1.165, 1.54) is 6.26 Å². The van der Waals surface area contributed by atoms with E-state index in [2.05, 4.69) is 14.9 Å².